The summed E-state index contributed by atoms with van der Waals surface area (Å²) in [4.78, 5) is 58.7. The molecule has 1 amide bonds. The highest BCUT2D eigenvalue weighted by Crippen LogP contribution is 2.38. The van der Waals surface area contributed by atoms with Gasteiger partial charge in [0.1, 0.15) is 12.7 Å². The van der Waals surface area contributed by atoms with E-state index in [1.807, 2.05) is 0 Å². The van der Waals surface area contributed by atoms with E-state index in [1.165, 1.54) is 0 Å². The molecule has 1 aliphatic rings. The number of hydrogen-bond donors (Lipinski definition) is 1. The SMILES string of the molecule is C#CCCC(=O)NC1C(CC(COC(C)=O)OC(C)=O)OC(F)(C(=O)OC)C(F)C1OC(C)=O. The van der Waals surface area contributed by atoms with Crippen LogP contribution in [-0.4, -0.2) is 79.9 Å². The molecule has 0 spiro atoms. The van der Waals surface area contributed by atoms with E-state index in [9.17, 15) is 24.0 Å². The molecule has 6 atom stereocenters. The molecule has 6 unspecified atom stereocenters. The van der Waals surface area contributed by atoms with Crippen LogP contribution in [0.3, 0.4) is 0 Å². The first kappa shape index (κ1) is 28.8. The molecule has 0 radical (unpaired) electrons. The minimum absolute atomic E-state index is 0.0130. The van der Waals surface area contributed by atoms with Crippen molar-refractivity contribution in [3.8, 4) is 12.3 Å². The number of nitrogens with one attached hydrogen (secondary N) is 1. The lowest BCUT2D eigenvalue weighted by molar-refractivity contribution is -0.282. The quantitative estimate of drug-likeness (QED) is 0.257. The Hall–Kier alpha value is -3.27. The number of terminal acetylenes is 1. The maximum atomic E-state index is 15.5. The number of halogens is 2. The first-order valence-electron chi connectivity index (χ1n) is 10.2. The zero-order chi connectivity index (χ0) is 26.1. The van der Waals surface area contributed by atoms with E-state index < -0.39 is 79.2 Å². The van der Waals surface area contributed by atoms with Gasteiger partial charge in [0, 0.05) is 40.0 Å². The van der Waals surface area contributed by atoms with E-state index in [-0.39, 0.29) is 12.8 Å². The second kappa shape index (κ2) is 12.8. The van der Waals surface area contributed by atoms with Crippen molar-refractivity contribution >= 4 is 29.8 Å². The maximum Gasteiger partial charge on any atom is 0.375 e. The first-order chi connectivity index (χ1) is 15.8. The Morgan fingerprint density at radius 1 is 1.15 bits per heavy atom. The van der Waals surface area contributed by atoms with E-state index in [1.54, 1.807) is 0 Å². The first-order valence-corrected chi connectivity index (χ1v) is 10.2. The molecule has 1 N–H and O–H groups in total. The van der Waals surface area contributed by atoms with Crippen LogP contribution in [0.2, 0.25) is 0 Å². The highest BCUT2D eigenvalue weighted by molar-refractivity contribution is 5.80. The van der Waals surface area contributed by atoms with Crippen molar-refractivity contribution in [2.45, 2.75) is 76.4 Å². The lowest BCUT2D eigenvalue weighted by atomic mass is 9.89. The average molecular weight is 491 g/mol. The molecule has 190 valence electrons. The van der Waals surface area contributed by atoms with Crippen molar-refractivity contribution in [1.29, 1.82) is 0 Å². The Labute approximate surface area is 194 Å². The van der Waals surface area contributed by atoms with Crippen LogP contribution in [0.5, 0.6) is 0 Å². The van der Waals surface area contributed by atoms with Gasteiger partial charge in [-0.3, -0.25) is 19.2 Å². The summed E-state index contributed by atoms with van der Waals surface area (Å²) in [5, 5.41) is 2.36. The fourth-order valence-electron chi connectivity index (χ4n) is 3.26. The minimum atomic E-state index is -3.73. The van der Waals surface area contributed by atoms with Gasteiger partial charge in [0.05, 0.1) is 19.3 Å². The van der Waals surface area contributed by atoms with Crippen LogP contribution in [-0.2, 0) is 47.7 Å². The molecule has 1 heterocycles. The van der Waals surface area contributed by atoms with Crippen molar-refractivity contribution in [2.24, 2.45) is 0 Å². The molecule has 1 saturated heterocycles. The predicted octanol–water partition coefficient (Wildman–Crippen LogP) is 0.277. The van der Waals surface area contributed by atoms with Crippen LogP contribution in [0.1, 0.15) is 40.0 Å². The molecule has 1 fully saturated rings. The summed E-state index contributed by atoms with van der Waals surface area (Å²) in [6.07, 6.45) is -3.38. The van der Waals surface area contributed by atoms with Crippen LogP contribution < -0.4 is 5.32 Å². The smallest absolute Gasteiger partial charge is 0.375 e. The van der Waals surface area contributed by atoms with Crippen LogP contribution in [0.15, 0.2) is 0 Å². The number of ether oxygens (including phenoxy) is 5. The fourth-order valence-corrected chi connectivity index (χ4v) is 3.26. The lowest BCUT2D eigenvalue weighted by Crippen LogP contribution is -2.69. The number of methoxy groups -OCH3 is 1. The van der Waals surface area contributed by atoms with Gasteiger partial charge in [0.15, 0.2) is 6.10 Å². The van der Waals surface area contributed by atoms with Gasteiger partial charge in [0.2, 0.25) is 12.1 Å². The summed E-state index contributed by atoms with van der Waals surface area (Å²) < 4.78 is 54.8. The maximum absolute atomic E-state index is 15.5. The number of esters is 4. The zero-order valence-electron chi connectivity index (χ0n) is 19.1. The van der Waals surface area contributed by atoms with Crippen molar-refractivity contribution in [3.63, 3.8) is 0 Å². The predicted molar refractivity (Wildman–Crippen MR) is 108 cm³/mol. The van der Waals surface area contributed by atoms with Gasteiger partial charge in [-0.05, 0) is 0 Å². The normalized spacial score (nSPS) is 26.9. The Balaban J connectivity index is 3.42. The van der Waals surface area contributed by atoms with Gasteiger partial charge in [-0.1, -0.05) is 0 Å². The molecule has 11 nitrogen and oxygen atoms in total. The summed E-state index contributed by atoms with van der Waals surface area (Å²) in [6.45, 7) is 2.55. The van der Waals surface area contributed by atoms with Crippen LogP contribution >= 0.6 is 0 Å². The van der Waals surface area contributed by atoms with Gasteiger partial charge in [0.25, 0.3) is 0 Å². The van der Waals surface area contributed by atoms with Gasteiger partial charge in [-0.25, -0.2) is 9.18 Å². The summed E-state index contributed by atoms with van der Waals surface area (Å²) >= 11 is 0. The summed E-state index contributed by atoms with van der Waals surface area (Å²) in [7, 11) is 0.783. The molecule has 0 bridgehead atoms. The largest absolute Gasteiger partial charge is 0.465 e. The number of rotatable bonds is 10. The summed E-state index contributed by atoms with van der Waals surface area (Å²) in [5.41, 5.74) is 0. The molecular formula is C21H27F2NO10. The van der Waals surface area contributed by atoms with Crippen LogP contribution in [0.4, 0.5) is 8.78 Å². The molecule has 0 aliphatic carbocycles. The Bertz CT molecular complexity index is 829. The van der Waals surface area contributed by atoms with E-state index in [2.05, 4.69) is 16.0 Å². The van der Waals surface area contributed by atoms with Crippen LogP contribution in [0.25, 0.3) is 0 Å². The second-order valence-electron chi connectivity index (χ2n) is 7.34. The van der Waals surface area contributed by atoms with Crippen molar-refractivity contribution in [1.82, 2.24) is 5.32 Å². The average Bonchev–Trinajstić information content (AvgIpc) is 2.75. The Morgan fingerprint density at radius 2 is 1.79 bits per heavy atom. The number of carbonyl (C=O) groups is 5. The topological polar surface area (TPSA) is 144 Å². The number of amides is 1. The van der Waals surface area contributed by atoms with Crippen molar-refractivity contribution < 1.29 is 56.4 Å². The van der Waals surface area contributed by atoms with E-state index >= 15 is 8.78 Å². The molecule has 13 heteroatoms. The number of carbonyl (C=O) groups excluding carboxylic acids is 5. The second-order valence-corrected chi connectivity index (χ2v) is 7.34. The van der Waals surface area contributed by atoms with Crippen molar-refractivity contribution in [3.05, 3.63) is 0 Å². The third-order valence-electron chi connectivity index (χ3n) is 4.61. The third kappa shape index (κ3) is 7.95. The van der Waals surface area contributed by atoms with E-state index in [4.69, 9.17) is 25.4 Å². The monoisotopic (exact) mass is 491 g/mol. The summed E-state index contributed by atoms with van der Waals surface area (Å²) in [5.74, 6) is -6.54. The standard InChI is InChI=1S/C21H27F2NO10/c1-6-7-8-16(28)24-17-15(9-14(32-12(3)26)10-31-11(2)25)34-21(23,20(29)30-5)19(22)18(17)33-13(4)27/h1,14-15,17-19H,7-10H2,2-5H3,(H,24,28). The Morgan fingerprint density at radius 3 is 2.29 bits per heavy atom. The molecule has 1 aliphatic heterocycles. The van der Waals surface area contributed by atoms with Gasteiger partial charge < -0.3 is 29.0 Å². The van der Waals surface area contributed by atoms with E-state index in [0.29, 0.717) is 0 Å². The van der Waals surface area contributed by atoms with Crippen molar-refractivity contribution in [2.75, 3.05) is 13.7 Å². The third-order valence-corrected chi connectivity index (χ3v) is 4.61. The lowest BCUT2D eigenvalue weighted by Gasteiger charge is -2.45. The molecule has 0 aromatic rings. The number of alkyl halides is 2. The van der Waals surface area contributed by atoms with Gasteiger partial charge >= 0.3 is 29.7 Å². The number of hydrogen-bond acceptors (Lipinski definition) is 10. The zero-order valence-corrected chi connectivity index (χ0v) is 19.1. The fraction of sp³-hybridized carbons (Fsp3) is 0.667. The highest BCUT2D eigenvalue weighted by atomic mass is 19.2. The van der Waals surface area contributed by atoms with E-state index in [0.717, 1.165) is 27.9 Å². The molecular weight excluding hydrogens is 464 g/mol. The van der Waals surface area contributed by atoms with Crippen LogP contribution in [0, 0.1) is 12.3 Å². The molecule has 0 aromatic carbocycles. The molecule has 0 aromatic heterocycles. The summed E-state index contributed by atoms with van der Waals surface area (Å²) in [6, 6.07) is -1.55. The minimum Gasteiger partial charge on any atom is -0.465 e. The highest BCUT2D eigenvalue weighted by Gasteiger charge is 2.63. The molecule has 0 saturated carbocycles. The molecule has 1 rings (SSSR count). The Kier molecular flexibility index (Phi) is 10.9. The van der Waals surface area contributed by atoms with Gasteiger partial charge in [-0.15, -0.1) is 12.3 Å². The molecule has 34 heavy (non-hydrogen) atoms. The van der Waals surface area contributed by atoms with Gasteiger partial charge in [-0.2, -0.15) is 4.39 Å².